The van der Waals surface area contributed by atoms with Crippen LogP contribution < -0.4 is 21.2 Å². The molecule has 2 aliphatic heterocycles. The number of ether oxygens (including phenoxy) is 2. The first kappa shape index (κ1) is 31.7. The maximum Gasteiger partial charge on any atom is 0.333 e. The van der Waals surface area contributed by atoms with Crippen molar-refractivity contribution < 1.29 is 39.1 Å². The standard InChI is InChI=1S/C34H38N2O9/c1-5-17(2)33(42)44-25-14-22-30(41)28-24(40)13-21(15-37)43-32(28)29(31(22)45-34(25,3)4)27(19-9-10-36-26(35)12-19)23(16-38)18-7-6-8-20(39)11-18/h5-9,11-13,23,25,27,36-39,41H,10,14-16,35H2,1-4H3. The third-order valence-corrected chi connectivity index (χ3v) is 8.51. The number of aliphatic hydroxyl groups excluding tert-OH is 2. The lowest BCUT2D eigenvalue weighted by Gasteiger charge is -2.42. The van der Waals surface area contributed by atoms with Crippen LogP contribution in [0.3, 0.4) is 0 Å². The van der Waals surface area contributed by atoms with Crippen LogP contribution in [-0.2, 0) is 22.6 Å². The predicted octanol–water partition coefficient (Wildman–Crippen LogP) is 3.48. The van der Waals surface area contributed by atoms with E-state index < -0.39 is 53.9 Å². The molecule has 3 unspecified atom stereocenters. The highest BCUT2D eigenvalue weighted by Gasteiger charge is 2.45. The van der Waals surface area contributed by atoms with Crippen molar-refractivity contribution in [3.05, 3.63) is 98.2 Å². The van der Waals surface area contributed by atoms with Crippen molar-refractivity contribution in [2.24, 2.45) is 5.73 Å². The fraction of sp³-hybridized carbons (Fsp3) is 0.353. The summed E-state index contributed by atoms with van der Waals surface area (Å²) in [5, 5.41) is 45.8. The maximum absolute atomic E-state index is 13.5. The van der Waals surface area contributed by atoms with E-state index in [2.05, 4.69) is 5.32 Å². The Kier molecular flexibility index (Phi) is 8.68. The van der Waals surface area contributed by atoms with E-state index in [1.54, 1.807) is 52.0 Å². The Morgan fingerprint density at radius 2 is 2.00 bits per heavy atom. The Labute approximate surface area is 259 Å². The average molecular weight is 619 g/mol. The van der Waals surface area contributed by atoms with Gasteiger partial charge in [-0.3, -0.25) is 4.79 Å². The molecule has 0 fully saturated rings. The number of carbonyl (C=O) groups excluding carboxylic acids is 1. The molecule has 0 radical (unpaired) electrons. The van der Waals surface area contributed by atoms with Crippen molar-refractivity contribution in [2.75, 3.05) is 13.2 Å². The zero-order chi connectivity index (χ0) is 32.6. The number of phenolic OH excluding ortho intramolecular Hbond substituents is 2. The second-order valence-corrected chi connectivity index (χ2v) is 11.8. The number of hydrogen-bond donors (Lipinski definition) is 6. The first-order valence-electron chi connectivity index (χ1n) is 14.7. The van der Waals surface area contributed by atoms with Crippen LogP contribution in [0.5, 0.6) is 17.2 Å². The number of nitrogens with two attached hydrogens (primary N) is 1. The largest absolute Gasteiger partial charge is 0.508 e. The van der Waals surface area contributed by atoms with Crippen LogP contribution in [0, 0.1) is 0 Å². The molecule has 2 aliphatic rings. The molecule has 3 atom stereocenters. The number of hydrogen-bond acceptors (Lipinski definition) is 11. The van der Waals surface area contributed by atoms with Crippen LogP contribution in [0.4, 0.5) is 0 Å². The van der Waals surface area contributed by atoms with Gasteiger partial charge in [0.05, 0.1) is 12.4 Å². The molecule has 7 N–H and O–H groups in total. The summed E-state index contributed by atoms with van der Waals surface area (Å²) in [6.07, 6.45) is 4.37. The van der Waals surface area contributed by atoms with E-state index in [0.717, 1.165) is 6.07 Å². The van der Waals surface area contributed by atoms with E-state index >= 15 is 0 Å². The Morgan fingerprint density at radius 3 is 2.64 bits per heavy atom. The molecule has 0 aliphatic carbocycles. The highest BCUT2D eigenvalue weighted by molar-refractivity contribution is 5.92. The molecule has 0 saturated carbocycles. The highest BCUT2D eigenvalue weighted by Crippen LogP contribution is 2.53. The normalized spacial score (nSPS) is 19.0. The van der Waals surface area contributed by atoms with Gasteiger partial charge in [0.25, 0.3) is 0 Å². The van der Waals surface area contributed by atoms with Crippen LogP contribution in [-0.4, -0.2) is 51.3 Å². The van der Waals surface area contributed by atoms with Crippen molar-refractivity contribution >= 4 is 16.9 Å². The van der Waals surface area contributed by atoms with E-state index in [0.29, 0.717) is 34.6 Å². The molecule has 3 aromatic rings. The van der Waals surface area contributed by atoms with Crippen molar-refractivity contribution in [1.29, 1.82) is 0 Å². The molecule has 11 nitrogen and oxygen atoms in total. The Hall–Kier alpha value is -4.74. The van der Waals surface area contributed by atoms with Crippen molar-refractivity contribution in [2.45, 2.75) is 64.3 Å². The van der Waals surface area contributed by atoms with E-state index in [-0.39, 0.29) is 40.2 Å². The number of esters is 1. The van der Waals surface area contributed by atoms with Crippen molar-refractivity contribution in [1.82, 2.24) is 5.32 Å². The number of rotatable bonds is 8. The highest BCUT2D eigenvalue weighted by atomic mass is 16.6. The lowest BCUT2D eigenvalue weighted by molar-refractivity contribution is -0.156. The number of dihydropyridines is 1. The fourth-order valence-electron chi connectivity index (χ4n) is 5.98. The van der Waals surface area contributed by atoms with Gasteiger partial charge in [0.2, 0.25) is 0 Å². The van der Waals surface area contributed by atoms with Gasteiger partial charge in [0.15, 0.2) is 5.43 Å². The minimum Gasteiger partial charge on any atom is -0.508 e. The van der Waals surface area contributed by atoms with Crippen LogP contribution in [0.1, 0.15) is 62.0 Å². The van der Waals surface area contributed by atoms with Gasteiger partial charge in [-0.15, -0.1) is 0 Å². The molecule has 2 aromatic carbocycles. The quantitative estimate of drug-likeness (QED) is 0.160. The number of allylic oxidation sites excluding steroid dienone is 3. The third kappa shape index (κ3) is 5.88. The smallest absolute Gasteiger partial charge is 0.333 e. The minimum atomic E-state index is -1.12. The molecule has 0 spiro atoms. The molecular weight excluding hydrogens is 580 g/mol. The van der Waals surface area contributed by atoms with Gasteiger partial charge in [0.1, 0.15) is 52.3 Å². The molecule has 0 amide bonds. The van der Waals surface area contributed by atoms with Crippen LogP contribution in [0.15, 0.2) is 74.7 Å². The van der Waals surface area contributed by atoms with Crippen molar-refractivity contribution in [3.8, 4) is 17.2 Å². The summed E-state index contributed by atoms with van der Waals surface area (Å²) in [6.45, 7) is 6.23. The van der Waals surface area contributed by atoms with Gasteiger partial charge in [-0.05, 0) is 57.0 Å². The fourth-order valence-corrected chi connectivity index (χ4v) is 5.98. The molecule has 11 heteroatoms. The zero-order valence-electron chi connectivity index (χ0n) is 25.6. The summed E-state index contributed by atoms with van der Waals surface area (Å²) in [7, 11) is 0. The second-order valence-electron chi connectivity index (χ2n) is 11.8. The van der Waals surface area contributed by atoms with Crippen LogP contribution in [0.2, 0.25) is 0 Å². The topological polar surface area (TPSA) is 185 Å². The van der Waals surface area contributed by atoms with E-state index in [4.69, 9.17) is 19.6 Å². The number of nitrogens with one attached hydrogen (secondary N) is 1. The number of benzene rings is 2. The van der Waals surface area contributed by atoms with Gasteiger partial charge in [-0.1, -0.05) is 24.3 Å². The molecule has 0 saturated heterocycles. The SMILES string of the molecule is CC=C(C)C(=O)OC1Cc2c(c(C(C3=CCNC(N)=C3)C(CO)c3cccc(O)c3)c3oc(CO)cc(=O)c3c2O)OC1(C)C. The molecule has 3 heterocycles. The lowest BCUT2D eigenvalue weighted by atomic mass is 9.74. The van der Waals surface area contributed by atoms with Gasteiger partial charge in [-0.25, -0.2) is 4.79 Å². The van der Waals surface area contributed by atoms with Crippen molar-refractivity contribution in [3.63, 3.8) is 0 Å². The summed E-state index contributed by atoms with van der Waals surface area (Å²) < 4.78 is 18.6. The number of carbonyl (C=O) groups is 1. The molecule has 0 bridgehead atoms. The first-order valence-corrected chi connectivity index (χ1v) is 14.7. The van der Waals surface area contributed by atoms with E-state index in [9.17, 15) is 30.0 Å². The summed E-state index contributed by atoms with van der Waals surface area (Å²) >= 11 is 0. The molecule has 238 valence electrons. The van der Waals surface area contributed by atoms with E-state index in [1.807, 2.05) is 6.08 Å². The van der Waals surface area contributed by atoms with Gasteiger partial charge in [-0.2, -0.15) is 0 Å². The zero-order valence-corrected chi connectivity index (χ0v) is 25.6. The van der Waals surface area contributed by atoms with E-state index in [1.165, 1.54) is 12.1 Å². The predicted molar refractivity (Wildman–Crippen MR) is 167 cm³/mol. The Balaban J connectivity index is 1.87. The van der Waals surface area contributed by atoms with Crippen LogP contribution in [0.25, 0.3) is 11.0 Å². The first-order chi connectivity index (χ1) is 21.4. The number of phenols is 2. The summed E-state index contributed by atoms with van der Waals surface area (Å²) in [5.41, 5.74) is 6.63. The van der Waals surface area contributed by atoms with Gasteiger partial charge >= 0.3 is 5.97 Å². The average Bonchev–Trinajstić information content (AvgIpc) is 3.00. The number of aliphatic hydroxyl groups is 2. The number of fused-ring (bicyclic) bond motifs is 2. The summed E-state index contributed by atoms with van der Waals surface area (Å²) in [6, 6.07) is 7.58. The third-order valence-electron chi connectivity index (χ3n) is 8.51. The molecule has 5 rings (SSSR count). The second kappa shape index (κ2) is 12.3. The number of aromatic hydroxyl groups is 2. The van der Waals surface area contributed by atoms with Crippen LogP contribution >= 0.6 is 0 Å². The summed E-state index contributed by atoms with van der Waals surface area (Å²) in [4.78, 5) is 26.3. The lowest BCUT2D eigenvalue weighted by Crippen LogP contribution is -2.49. The molecular formula is C34H38N2O9. The maximum atomic E-state index is 13.5. The minimum absolute atomic E-state index is 0.00223. The molecule has 45 heavy (non-hydrogen) atoms. The summed E-state index contributed by atoms with van der Waals surface area (Å²) in [5.74, 6) is -1.96. The molecule has 1 aromatic heterocycles. The van der Waals surface area contributed by atoms with Gasteiger partial charge in [0, 0.05) is 47.6 Å². The monoisotopic (exact) mass is 618 g/mol. The van der Waals surface area contributed by atoms with Gasteiger partial charge < -0.3 is 45.4 Å². The Bertz CT molecular complexity index is 1800. The Morgan fingerprint density at radius 1 is 1.24 bits per heavy atom.